The van der Waals surface area contributed by atoms with Gasteiger partial charge in [-0.1, -0.05) is 27.5 Å². The molecule has 0 saturated heterocycles. The normalized spacial score (nSPS) is 10.8. The summed E-state index contributed by atoms with van der Waals surface area (Å²) in [7, 11) is 0. The fraction of sp³-hybridized carbons (Fsp3) is 0.400. The molecule has 0 fully saturated rings. The molecule has 0 aliphatic carbocycles. The van der Waals surface area contributed by atoms with Crippen LogP contribution in [0.25, 0.3) is 11.2 Å². The molecule has 18 heavy (non-hydrogen) atoms. The Bertz CT molecular complexity index is 558. The molecule has 0 radical (unpaired) electrons. The zero-order valence-corrected chi connectivity index (χ0v) is 11.8. The molecule has 8 heteroatoms. The Hall–Kier alpha value is -1.21. The van der Waals surface area contributed by atoms with Crippen molar-refractivity contribution in [2.45, 2.75) is 19.3 Å². The number of anilines is 1. The number of carbonyl (C=O) groups is 1. The van der Waals surface area contributed by atoms with Crippen LogP contribution in [0.1, 0.15) is 19.3 Å². The van der Waals surface area contributed by atoms with Gasteiger partial charge < -0.3 is 4.98 Å². The molecule has 6 nitrogen and oxygen atoms in total. The average molecular weight is 333 g/mol. The molecular weight excluding hydrogens is 322 g/mol. The van der Waals surface area contributed by atoms with E-state index in [2.05, 4.69) is 41.2 Å². The SMILES string of the molecule is O=C(CCCCBr)Nc1nc(Cl)c2[nH]cnc2n1. The highest BCUT2D eigenvalue weighted by molar-refractivity contribution is 9.09. The van der Waals surface area contributed by atoms with E-state index in [4.69, 9.17) is 11.6 Å². The van der Waals surface area contributed by atoms with E-state index >= 15 is 0 Å². The number of fused-ring (bicyclic) bond motifs is 1. The lowest BCUT2D eigenvalue weighted by atomic mass is 10.2. The highest BCUT2D eigenvalue weighted by atomic mass is 79.9. The number of unbranched alkanes of at least 4 members (excludes halogenated alkanes) is 1. The lowest BCUT2D eigenvalue weighted by Gasteiger charge is -2.03. The van der Waals surface area contributed by atoms with Gasteiger partial charge in [0.05, 0.1) is 6.33 Å². The summed E-state index contributed by atoms with van der Waals surface area (Å²) in [6.07, 6.45) is 3.68. The third-order valence-corrected chi connectivity index (χ3v) is 3.11. The van der Waals surface area contributed by atoms with Crippen molar-refractivity contribution in [3.8, 4) is 0 Å². The van der Waals surface area contributed by atoms with Crippen molar-refractivity contribution < 1.29 is 4.79 Å². The summed E-state index contributed by atoms with van der Waals surface area (Å²) >= 11 is 9.25. The smallest absolute Gasteiger partial charge is 0.233 e. The summed E-state index contributed by atoms with van der Waals surface area (Å²) < 4.78 is 0. The Morgan fingerprint density at radius 1 is 1.44 bits per heavy atom. The number of amides is 1. The maximum Gasteiger partial charge on any atom is 0.233 e. The summed E-state index contributed by atoms with van der Waals surface area (Å²) in [5.41, 5.74) is 1.000. The number of halogens is 2. The Kier molecular flexibility index (Phi) is 4.48. The summed E-state index contributed by atoms with van der Waals surface area (Å²) in [6.45, 7) is 0. The standard InChI is InChI=1S/C10H11BrClN5O/c11-4-2-1-3-6(18)15-10-16-8(12)7-9(17-10)14-5-13-7/h5H,1-4H2,(H2,13,14,15,16,17,18). The van der Waals surface area contributed by atoms with Gasteiger partial charge in [0.25, 0.3) is 0 Å². The van der Waals surface area contributed by atoms with E-state index in [-0.39, 0.29) is 17.0 Å². The summed E-state index contributed by atoms with van der Waals surface area (Å²) in [5, 5.41) is 3.74. The second-order valence-corrected chi connectivity index (χ2v) is 4.78. The number of aromatic amines is 1. The minimum absolute atomic E-state index is 0.123. The first-order valence-electron chi connectivity index (χ1n) is 5.43. The molecule has 0 unspecified atom stereocenters. The number of nitrogens with zero attached hydrogens (tertiary/aromatic N) is 3. The molecule has 2 rings (SSSR count). The zero-order chi connectivity index (χ0) is 13.0. The molecule has 0 saturated carbocycles. The van der Waals surface area contributed by atoms with E-state index in [0.717, 1.165) is 18.2 Å². The van der Waals surface area contributed by atoms with Crippen molar-refractivity contribution in [3.63, 3.8) is 0 Å². The Balaban J connectivity index is 2.05. The minimum Gasteiger partial charge on any atom is -0.341 e. The number of aromatic nitrogens is 4. The van der Waals surface area contributed by atoms with Crippen LogP contribution in [0, 0.1) is 0 Å². The molecule has 0 spiro atoms. The van der Waals surface area contributed by atoms with Gasteiger partial charge in [-0.05, 0) is 12.8 Å². The number of H-pyrrole nitrogens is 1. The first-order chi connectivity index (χ1) is 8.70. The summed E-state index contributed by atoms with van der Waals surface area (Å²) in [4.78, 5) is 26.5. The third-order valence-electron chi connectivity index (χ3n) is 2.28. The Morgan fingerprint density at radius 2 is 2.28 bits per heavy atom. The average Bonchev–Trinajstić information content (AvgIpc) is 2.78. The molecule has 2 aromatic rings. The van der Waals surface area contributed by atoms with Crippen molar-refractivity contribution in [3.05, 3.63) is 11.5 Å². The largest absolute Gasteiger partial charge is 0.341 e. The fourth-order valence-electron chi connectivity index (χ4n) is 1.42. The van der Waals surface area contributed by atoms with Gasteiger partial charge in [0, 0.05) is 11.8 Å². The van der Waals surface area contributed by atoms with Crippen molar-refractivity contribution in [2.75, 3.05) is 10.6 Å². The highest BCUT2D eigenvalue weighted by Crippen LogP contribution is 2.18. The van der Waals surface area contributed by atoms with Crippen LogP contribution in [-0.4, -0.2) is 31.2 Å². The van der Waals surface area contributed by atoms with Crippen molar-refractivity contribution in [1.29, 1.82) is 0 Å². The molecule has 0 atom stereocenters. The Morgan fingerprint density at radius 3 is 3.06 bits per heavy atom. The number of rotatable bonds is 5. The maximum absolute atomic E-state index is 11.6. The van der Waals surface area contributed by atoms with Crippen LogP contribution in [0.3, 0.4) is 0 Å². The van der Waals surface area contributed by atoms with Crippen LogP contribution in [-0.2, 0) is 4.79 Å². The number of carbonyl (C=O) groups excluding carboxylic acids is 1. The lowest BCUT2D eigenvalue weighted by Crippen LogP contribution is -2.13. The number of alkyl halides is 1. The minimum atomic E-state index is -0.123. The van der Waals surface area contributed by atoms with Crippen molar-refractivity contribution in [2.24, 2.45) is 0 Å². The van der Waals surface area contributed by atoms with Crippen molar-refractivity contribution >= 4 is 50.6 Å². The van der Waals surface area contributed by atoms with E-state index in [1.807, 2.05) is 0 Å². The Labute approximate surface area is 117 Å². The molecule has 0 bridgehead atoms. The quantitative estimate of drug-likeness (QED) is 0.500. The number of imidazole rings is 1. The van der Waals surface area contributed by atoms with E-state index in [9.17, 15) is 4.79 Å². The van der Waals surface area contributed by atoms with Gasteiger partial charge in [0.1, 0.15) is 5.52 Å². The molecule has 0 aliphatic heterocycles. The molecule has 2 aromatic heterocycles. The molecular formula is C10H11BrClN5O. The van der Waals surface area contributed by atoms with E-state index in [1.54, 1.807) is 0 Å². The van der Waals surface area contributed by atoms with Gasteiger partial charge in [-0.2, -0.15) is 9.97 Å². The van der Waals surface area contributed by atoms with Gasteiger partial charge in [-0.15, -0.1) is 0 Å². The summed E-state index contributed by atoms with van der Waals surface area (Å²) in [6, 6.07) is 0. The molecule has 1 amide bonds. The van der Waals surface area contributed by atoms with Gasteiger partial charge in [-0.3, -0.25) is 10.1 Å². The van der Waals surface area contributed by atoms with Crippen LogP contribution in [0.2, 0.25) is 5.15 Å². The molecule has 96 valence electrons. The number of hydrogen-bond acceptors (Lipinski definition) is 4. The van der Waals surface area contributed by atoms with Crippen LogP contribution < -0.4 is 5.32 Å². The van der Waals surface area contributed by atoms with Crippen LogP contribution in [0.4, 0.5) is 5.95 Å². The molecule has 2 heterocycles. The van der Waals surface area contributed by atoms with Crippen molar-refractivity contribution in [1.82, 2.24) is 19.9 Å². The fourth-order valence-corrected chi connectivity index (χ4v) is 2.04. The lowest BCUT2D eigenvalue weighted by molar-refractivity contribution is -0.116. The predicted molar refractivity (Wildman–Crippen MR) is 73.0 cm³/mol. The van der Waals surface area contributed by atoms with Gasteiger partial charge >= 0.3 is 0 Å². The highest BCUT2D eigenvalue weighted by Gasteiger charge is 2.10. The first kappa shape index (κ1) is 13.2. The monoisotopic (exact) mass is 331 g/mol. The molecule has 2 N–H and O–H groups in total. The van der Waals surface area contributed by atoms with E-state index in [0.29, 0.717) is 17.6 Å². The second kappa shape index (κ2) is 6.10. The van der Waals surface area contributed by atoms with Gasteiger partial charge in [-0.25, -0.2) is 4.98 Å². The topological polar surface area (TPSA) is 83.6 Å². The van der Waals surface area contributed by atoms with Crippen LogP contribution in [0.5, 0.6) is 0 Å². The predicted octanol–water partition coefficient (Wildman–Crippen LogP) is 2.51. The van der Waals surface area contributed by atoms with Gasteiger partial charge in [0.15, 0.2) is 10.8 Å². The van der Waals surface area contributed by atoms with E-state index < -0.39 is 0 Å². The van der Waals surface area contributed by atoms with Crippen LogP contribution in [0.15, 0.2) is 6.33 Å². The second-order valence-electron chi connectivity index (χ2n) is 3.63. The first-order valence-corrected chi connectivity index (χ1v) is 6.93. The number of hydrogen-bond donors (Lipinski definition) is 2. The molecule has 0 aromatic carbocycles. The zero-order valence-electron chi connectivity index (χ0n) is 9.41. The summed E-state index contributed by atoms with van der Waals surface area (Å²) in [5.74, 6) is 0.0605. The van der Waals surface area contributed by atoms with Crippen LogP contribution >= 0.6 is 27.5 Å². The van der Waals surface area contributed by atoms with E-state index in [1.165, 1.54) is 6.33 Å². The molecule has 0 aliphatic rings. The number of nitrogens with one attached hydrogen (secondary N) is 2. The maximum atomic E-state index is 11.6. The van der Waals surface area contributed by atoms with Gasteiger partial charge in [0.2, 0.25) is 11.9 Å². The third kappa shape index (κ3) is 3.17.